The second-order valence-electron chi connectivity index (χ2n) is 23.6. The molecule has 0 bridgehead atoms. The third-order valence-corrected chi connectivity index (χ3v) is 16.1. The quantitative estimate of drug-likeness (QED) is 0.175. The van der Waals surface area contributed by atoms with Crippen LogP contribution in [0.5, 0.6) is 0 Å². The Hall–Kier alpha value is -4.94. The van der Waals surface area contributed by atoms with Gasteiger partial charge in [-0.3, -0.25) is 0 Å². The second kappa shape index (κ2) is 25.4. The van der Waals surface area contributed by atoms with Gasteiger partial charge in [0.1, 0.15) is 0 Å². The zero-order valence-electron chi connectivity index (χ0n) is 46.2. The van der Waals surface area contributed by atoms with Crippen molar-refractivity contribution >= 4 is 16.8 Å². The first-order chi connectivity index (χ1) is 33.3. The van der Waals surface area contributed by atoms with Gasteiger partial charge in [0.15, 0.2) is 0 Å². The van der Waals surface area contributed by atoms with E-state index in [-0.39, 0.29) is 0 Å². The van der Waals surface area contributed by atoms with Gasteiger partial charge in [0.2, 0.25) is 0 Å². The van der Waals surface area contributed by atoms with Crippen LogP contribution >= 0.6 is 0 Å². The fourth-order valence-electron chi connectivity index (χ4n) is 11.0. The molecule has 0 aliphatic heterocycles. The minimum absolute atomic E-state index is 0.612. The fraction of sp³-hybridized carbons (Fsp3) is 0.457. The SMILES string of the molecule is C=C1C=CC2CC(C(C)C)=CC=C2C1.C=C1CCC2C=C(C(C)C)C=CC2C1.Cc1ccc2c(c1)C=CC(C(C)C)C2.Cc1ccc2c(c1)CCC(C(C)C)C2.Cc1ccc2cc(C(C)C)ccc2c1. The zero-order chi connectivity index (χ0) is 50.6. The highest BCUT2D eigenvalue weighted by molar-refractivity contribution is 5.83. The molecule has 0 N–H and O–H groups in total. The standard InChI is InChI=1S/2C14H20.2C14H18.C14H16/c5*1-10(2)12-6-7-13-8-11(3)4-5-14(13)9-12/h4-5,8,10,12H,6-7,9H2,1-3H3;6-7,9-10,13-14H,3-5,8H2,1-2H3;4-8,10,12H,9H2,1-3H3;4-7,10,14H,3,8-9H2,1-2H3;4-10H,1-3H3. The number of hydrogen-bond acceptors (Lipinski definition) is 0. The molecule has 0 amide bonds. The van der Waals surface area contributed by atoms with Crippen molar-refractivity contribution in [2.75, 3.05) is 0 Å². The molecule has 1 fully saturated rings. The van der Waals surface area contributed by atoms with Gasteiger partial charge in [-0.2, -0.15) is 0 Å². The van der Waals surface area contributed by atoms with Crippen LogP contribution in [-0.2, 0) is 19.3 Å². The van der Waals surface area contributed by atoms with Crippen LogP contribution in [0.2, 0.25) is 0 Å². The van der Waals surface area contributed by atoms with Crippen LogP contribution < -0.4 is 0 Å². The van der Waals surface area contributed by atoms with Crippen LogP contribution in [0.3, 0.4) is 0 Å². The van der Waals surface area contributed by atoms with E-state index in [4.69, 9.17) is 0 Å². The zero-order valence-corrected chi connectivity index (χ0v) is 46.2. The van der Waals surface area contributed by atoms with Crippen molar-refractivity contribution < 1.29 is 0 Å². The van der Waals surface area contributed by atoms with Crippen molar-refractivity contribution in [3.05, 3.63) is 207 Å². The molecular weight excluding hydrogens is 841 g/mol. The lowest BCUT2D eigenvalue weighted by Crippen LogP contribution is -2.20. The summed E-state index contributed by atoms with van der Waals surface area (Å²) in [6.45, 7) is 37.5. The first-order valence-corrected chi connectivity index (χ1v) is 27.5. The first-order valence-electron chi connectivity index (χ1n) is 27.5. The minimum atomic E-state index is 0.612. The van der Waals surface area contributed by atoms with Gasteiger partial charge in [-0.05, 0) is 176 Å². The molecule has 0 radical (unpaired) electrons. The molecular formula is C70H92. The summed E-state index contributed by atoms with van der Waals surface area (Å²) in [5.41, 5.74) is 19.0. The van der Waals surface area contributed by atoms with Crippen molar-refractivity contribution in [1.29, 1.82) is 0 Å². The van der Waals surface area contributed by atoms with Crippen molar-refractivity contribution in [2.24, 2.45) is 53.3 Å². The molecule has 0 aromatic heterocycles. The Balaban J connectivity index is 0.000000143. The largest absolute Gasteiger partial charge is 0.0998 e. The highest BCUT2D eigenvalue weighted by atomic mass is 14.3. The summed E-state index contributed by atoms with van der Waals surface area (Å²) in [6, 6.07) is 27.1. The van der Waals surface area contributed by atoms with Gasteiger partial charge in [-0.25, -0.2) is 0 Å². The Morgan fingerprint density at radius 1 is 0.514 bits per heavy atom. The monoisotopic (exact) mass is 933 g/mol. The Morgan fingerprint density at radius 2 is 1.20 bits per heavy atom. The molecule has 0 spiro atoms. The molecule has 1 saturated carbocycles. The van der Waals surface area contributed by atoms with Gasteiger partial charge < -0.3 is 0 Å². The number of allylic oxidation sites excluding steroid dienone is 13. The van der Waals surface area contributed by atoms with Crippen LogP contribution in [-0.4, -0.2) is 0 Å². The number of benzene rings is 4. The summed E-state index contributed by atoms with van der Waals surface area (Å²) in [7, 11) is 0. The van der Waals surface area contributed by atoms with Crippen molar-refractivity contribution in [1.82, 2.24) is 0 Å². The molecule has 5 unspecified atom stereocenters. The van der Waals surface area contributed by atoms with Crippen molar-refractivity contribution in [3.8, 4) is 0 Å². The summed E-state index contributed by atoms with van der Waals surface area (Å²) in [4.78, 5) is 0. The lowest BCUT2D eigenvalue weighted by atomic mass is 9.73. The molecule has 0 nitrogen and oxygen atoms in total. The van der Waals surface area contributed by atoms with Gasteiger partial charge in [0, 0.05) is 5.92 Å². The summed E-state index contributed by atoms with van der Waals surface area (Å²) in [6.07, 6.45) is 32.2. The van der Waals surface area contributed by atoms with Gasteiger partial charge >= 0.3 is 0 Å². The number of rotatable bonds is 5. The fourth-order valence-corrected chi connectivity index (χ4v) is 11.0. The Bertz CT molecular complexity index is 2600. The maximum Gasteiger partial charge on any atom is 0.00238 e. The normalized spacial score (nSPS) is 21.9. The average Bonchev–Trinajstić information content (AvgIpc) is 3.33. The summed E-state index contributed by atoms with van der Waals surface area (Å²) in [5.74, 6) is 7.40. The number of aryl methyl sites for hydroxylation is 4. The van der Waals surface area contributed by atoms with Crippen LogP contribution in [0.4, 0.5) is 0 Å². The molecule has 0 saturated heterocycles. The van der Waals surface area contributed by atoms with E-state index in [1.807, 2.05) is 0 Å². The summed E-state index contributed by atoms with van der Waals surface area (Å²) >= 11 is 0. The summed E-state index contributed by atoms with van der Waals surface area (Å²) < 4.78 is 0. The molecule has 0 heteroatoms. The van der Waals surface area contributed by atoms with E-state index in [0.717, 1.165) is 41.9 Å². The summed E-state index contributed by atoms with van der Waals surface area (Å²) in [5, 5.41) is 2.69. The molecule has 10 rings (SSSR count). The number of fused-ring (bicyclic) bond motifs is 5. The van der Waals surface area contributed by atoms with E-state index in [2.05, 4.69) is 231 Å². The van der Waals surface area contributed by atoms with E-state index >= 15 is 0 Å². The van der Waals surface area contributed by atoms with Crippen LogP contribution in [0.25, 0.3) is 16.8 Å². The maximum atomic E-state index is 4.10. The van der Waals surface area contributed by atoms with E-state index in [0.29, 0.717) is 23.7 Å². The predicted octanol–water partition coefficient (Wildman–Crippen LogP) is 20.0. The van der Waals surface area contributed by atoms with Crippen LogP contribution in [0.15, 0.2) is 162 Å². The van der Waals surface area contributed by atoms with E-state index < -0.39 is 0 Å². The third-order valence-electron chi connectivity index (χ3n) is 16.1. The maximum absolute atomic E-state index is 4.10. The minimum Gasteiger partial charge on any atom is -0.0998 e. The van der Waals surface area contributed by atoms with Crippen LogP contribution in [0.1, 0.15) is 158 Å². The van der Waals surface area contributed by atoms with Crippen molar-refractivity contribution in [2.45, 2.75) is 154 Å². The molecule has 0 heterocycles. The predicted molar refractivity (Wildman–Crippen MR) is 311 cm³/mol. The molecule has 70 heavy (non-hydrogen) atoms. The molecule has 6 aliphatic carbocycles. The van der Waals surface area contributed by atoms with E-state index in [9.17, 15) is 0 Å². The second-order valence-corrected chi connectivity index (χ2v) is 23.6. The molecule has 4 aromatic carbocycles. The Labute approximate surface area is 428 Å². The molecule has 5 atom stereocenters. The van der Waals surface area contributed by atoms with E-state index in [1.165, 1.54) is 112 Å². The van der Waals surface area contributed by atoms with Crippen LogP contribution in [0, 0.1) is 74.0 Å². The first kappa shape index (κ1) is 54.4. The van der Waals surface area contributed by atoms with Gasteiger partial charge in [-0.1, -0.05) is 249 Å². The highest BCUT2D eigenvalue weighted by Crippen LogP contribution is 2.39. The Kier molecular flexibility index (Phi) is 19.8. The highest BCUT2D eigenvalue weighted by Gasteiger charge is 2.26. The molecule has 372 valence electrons. The third kappa shape index (κ3) is 15.5. The lowest BCUT2D eigenvalue weighted by molar-refractivity contribution is 0.343. The number of hydrogen-bond donors (Lipinski definition) is 0. The smallest absolute Gasteiger partial charge is 0.00238 e. The topological polar surface area (TPSA) is 0 Å². The van der Waals surface area contributed by atoms with Gasteiger partial charge in [-0.15, -0.1) is 0 Å². The molecule has 6 aliphatic rings. The van der Waals surface area contributed by atoms with E-state index in [1.54, 1.807) is 22.3 Å². The van der Waals surface area contributed by atoms with Gasteiger partial charge in [0.25, 0.3) is 0 Å². The molecule has 4 aromatic rings. The van der Waals surface area contributed by atoms with Crippen molar-refractivity contribution in [3.63, 3.8) is 0 Å². The Morgan fingerprint density at radius 3 is 1.90 bits per heavy atom. The van der Waals surface area contributed by atoms with Gasteiger partial charge in [0.05, 0.1) is 0 Å². The lowest BCUT2D eigenvalue weighted by Gasteiger charge is -2.32. The average molecular weight is 934 g/mol.